The molecule has 2 unspecified atom stereocenters. The van der Waals surface area contributed by atoms with Gasteiger partial charge in [0.05, 0.1) is 11.5 Å². The average molecular weight is 249 g/mol. The summed E-state index contributed by atoms with van der Waals surface area (Å²) in [4.78, 5) is 2.62. The van der Waals surface area contributed by atoms with E-state index in [0.29, 0.717) is 0 Å². The van der Waals surface area contributed by atoms with Gasteiger partial charge in [0.25, 0.3) is 0 Å². The monoisotopic (exact) mass is 249 g/mol. The SMILES string of the molecule is CC(C)(C#N)CCCCN1CCC2CCC(C1)N2. The Hall–Kier alpha value is -0.590. The fourth-order valence-electron chi connectivity index (χ4n) is 3.18. The Kier molecular flexibility index (Phi) is 4.64. The normalized spacial score (nSPS) is 28.9. The molecule has 102 valence electrons. The Morgan fingerprint density at radius 1 is 1.22 bits per heavy atom. The summed E-state index contributed by atoms with van der Waals surface area (Å²) in [6.45, 7) is 7.80. The van der Waals surface area contributed by atoms with Crippen LogP contribution in [0.3, 0.4) is 0 Å². The van der Waals surface area contributed by atoms with E-state index in [0.717, 1.165) is 18.5 Å². The molecule has 2 atom stereocenters. The summed E-state index contributed by atoms with van der Waals surface area (Å²) in [5.41, 5.74) is -0.139. The zero-order valence-electron chi connectivity index (χ0n) is 11.9. The zero-order valence-corrected chi connectivity index (χ0v) is 11.9. The van der Waals surface area contributed by atoms with Gasteiger partial charge in [0.2, 0.25) is 0 Å². The number of hydrogen-bond acceptors (Lipinski definition) is 3. The lowest BCUT2D eigenvalue weighted by atomic mass is 9.89. The molecule has 2 aliphatic heterocycles. The van der Waals surface area contributed by atoms with Crippen molar-refractivity contribution in [3.8, 4) is 6.07 Å². The van der Waals surface area contributed by atoms with Crippen molar-refractivity contribution in [3.05, 3.63) is 0 Å². The van der Waals surface area contributed by atoms with Crippen LogP contribution in [0.2, 0.25) is 0 Å². The van der Waals surface area contributed by atoms with Crippen LogP contribution in [0.5, 0.6) is 0 Å². The van der Waals surface area contributed by atoms with Gasteiger partial charge in [-0.1, -0.05) is 6.42 Å². The number of nitrogens with zero attached hydrogens (tertiary/aromatic N) is 2. The summed E-state index contributed by atoms with van der Waals surface area (Å²) < 4.78 is 0. The van der Waals surface area contributed by atoms with E-state index >= 15 is 0 Å². The van der Waals surface area contributed by atoms with Crippen molar-refractivity contribution in [2.45, 2.75) is 64.5 Å². The Balaban J connectivity index is 1.64. The minimum absolute atomic E-state index is 0.139. The summed E-state index contributed by atoms with van der Waals surface area (Å²) in [6, 6.07) is 3.92. The first-order valence-electron chi connectivity index (χ1n) is 7.49. The van der Waals surface area contributed by atoms with Crippen molar-refractivity contribution in [2.24, 2.45) is 5.41 Å². The number of fused-ring (bicyclic) bond motifs is 2. The molecule has 0 radical (unpaired) electrons. The Bertz CT molecular complexity index is 305. The maximum Gasteiger partial charge on any atom is 0.0683 e. The molecule has 2 aliphatic rings. The lowest BCUT2D eigenvalue weighted by molar-refractivity contribution is 0.249. The number of hydrogen-bond donors (Lipinski definition) is 1. The van der Waals surface area contributed by atoms with Crippen molar-refractivity contribution >= 4 is 0 Å². The van der Waals surface area contributed by atoms with Crippen LogP contribution in [-0.4, -0.2) is 36.6 Å². The highest BCUT2D eigenvalue weighted by Crippen LogP contribution is 2.23. The highest BCUT2D eigenvalue weighted by molar-refractivity contribution is 4.92. The van der Waals surface area contributed by atoms with E-state index < -0.39 is 0 Å². The van der Waals surface area contributed by atoms with Crippen LogP contribution in [-0.2, 0) is 0 Å². The molecule has 0 aromatic heterocycles. The van der Waals surface area contributed by atoms with Gasteiger partial charge in [-0.3, -0.25) is 0 Å². The molecule has 2 saturated heterocycles. The molecule has 0 spiro atoms. The zero-order chi connectivity index (χ0) is 13.0. The second-order valence-electron chi connectivity index (χ2n) is 6.68. The second kappa shape index (κ2) is 6.04. The molecule has 0 aromatic carbocycles. The van der Waals surface area contributed by atoms with Crippen molar-refractivity contribution in [3.63, 3.8) is 0 Å². The predicted octanol–water partition coefficient (Wildman–Crippen LogP) is 2.53. The third-order valence-electron chi connectivity index (χ3n) is 4.44. The maximum absolute atomic E-state index is 8.98. The lowest BCUT2D eigenvalue weighted by Crippen LogP contribution is -2.35. The highest BCUT2D eigenvalue weighted by atomic mass is 15.2. The third kappa shape index (κ3) is 3.96. The minimum atomic E-state index is -0.139. The van der Waals surface area contributed by atoms with Gasteiger partial charge in [0, 0.05) is 18.6 Å². The van der Waals surface area contributed by atoms with Gasteiger partial charge in [0.1, 0.15) is 0 Å². The van der Waals surface area contributed by atoms with Crippen molar-refractivity contribution in [1.29, 1.82) is 5.26 Å². The van der Waals surface area contributed by atoms with Crippen molar-refractivity contribution in [1.82, 2.24) is 10.2 Å². The van der Waals surface area contributed by atoms with Gasteiger partial charge in [-0.05, 0) is 59.0 Å². The Labute approximate surface area is 112 Å². The number of nitrogens with one attached hydrogen (secondary N) is 1. The molecule has 3 nitrogen and oxygen atoms in total. The smallest absolute Gasteiger partial charge is 0.0683 e. The van der Waals surface area contributed by atoms with E-state index in [-0.39, 0.29) is 5.41 Å². The topological polar surface area (TPSA) is 39.1 Å². The fourth-order valence-corrected chi connectivity index (χ4v) is 3.18. The van der Waals surface area contributed by atoms with Gasteiger partial charge in [-0.2, -0.15) is 5.26 Å². The van der Waals surface area contributed by atoms with Gasteiger partial charge < -0.3 is 10.2 Å². The van der Waals surface area contributed by atoms with E-state index in [1.54, 1.807) is 0 Å². The molecule has 0 saturated carbocycles. The third-order valence-corrected chi connectivity index (χ3v) is 4.44. The van der Waals surface area contributed by atoms with Gasteiger partial charge >= 0.3 is 0 Å². The first-order chi connectivity index (χ1) is 8.59. The van der Waals surface area contributed by atoms with E-state index in [1.165, 1.54) is 51.7 Å². The van der Waals surface area contributed by atoms with Crippen LogP contribution < -0.4 is 5.32 Å². The van der Waals surface area contributed by atoms with Crippen LogP contribution in [0.1, 0.15) is 52.4 Å². The van der Waals surface area contributed by atoms with Crippen molar-refractivity contribution < 1.29 is 0 Å². The molecule has 18 heavy (non-hydrogen) atoms. The summed E-state index contributed by atoms with van der Waals surface area (Å²) in [5, 5.41) is 12.7. The minimum Gasteiger partial charge on any atom is -0.310 e. The first-order valence-corrected chi connectivity index (χ1v) is 7.49. The highest BCUT2D eigenvalue weighted by Gasteiger charge is 2.28. The quantitative estimate of drug-likeness (QED) is 0.761. The molecule has 0 aromatic rings. The van der Waals surface area contributed by atoms with E-state index in [9.17, 15) is 0 Å². The van der Waals surface area contributed by atoms with E-state index in [1.807, 2.05) is 13.8 Å². The largest absolute Gasteiger partial charge is 0.310 e. The van der Waals surface area contributed by atoms with Crippen LogP contribution in [0, 0.1) is 16.7 Å². The number of nitriles is 1. The van der Waals surface area contributed by atoms with Gasteiger partial charge in [-0.15, -0.1) is 0 Å². The Morgan fingerprint density at radius 2 is 2.00 bits per heavy atom. The molecule has 1 N–H and O–H groups in total. The number of unbranched alkanes of at least 4 members (excludes halogenated alkanes) is 1. The first kappa shape index (κ1) is 13.8. The van der Waals surface area contributed by atoms with E-state index in [2.05, 4.69) is 16.3 Å². The van der Waals surface area contributed by atoms with Crippen LogP contribution in [0.4, 0.5) is 0 Å². The molecular formula is C15H27N3. The molecule has 2 fully saturated rings. The molecule has 2 rings (SSSR count). The molecule has 0 amide bonds. The molecular weight excluding hydrogens is 222 g/mol. The van der Waals surface area contributed by atoms with Crippen LogP contribution in [0.25, 0.3) is 0 Å². The summed E-state index contributed by atoms with van der Waals surface area (Å²) >= 11 is 0. The summed E-state index contributed by atoms with van der Waals surface area (Å²) in [5.74, 6) is 0. The lowest BCUT2D eigenvalue weighted by Gasteiger charge is -2.24. The fraction of sp³-hybridized carbons (Fsp3) is 0.933. The van der Waals surface area contributed by atoms with Gasteiger partial charge in [-0.25, -0.2) is 0 Å². The number of rotatable bonds is 5. The van der Waals surface area contributed by atoms with Crippen LogP contribution in [0.15, 0.2) is 0 Å². The van der Waals surface area contributed by atoms with E-state index in [4.69, 9.17) is 5.26 Å². The molecule has 2 bridgehead atoms. The summed E-state index contributed by atoms with van der Waals surface area (Å²) in [6.07, 6.45) is 7.51. The molecule has 0 aliphatic carbocycles. The summed E-state index contributed by atoms with van der Waals surface area (Å²) in [7, 11) is 0. The second-order valence-corrected chi connectivity index (χ2v) is 6.68. The maximum atomic E-state index is 8.98. The average Bonchev–Trinajstić information content (AvgIpc) is 2.67. The van der Waals surface area contributed by atoms with Crippen LogP contribution >= 0.6 is 0 Å². The molecule has 3 heteroatoms. The standard InChI is InChI=1S/C15H27N3/c1-15(2,12-16)8-3-4-9-18-10-7-13-5-6-14(11-18)17-13/h13-14,17H,3-11H2,1-2H3. The molecule has 2 heterocycles. The van der Waals surface area contributed by atoms with Gasteiger partial charge in [0.15, 0.2) is 0 Å². The number of likely N-dealkylation sites (tertiary alicyclic amines) is 1. The Morgan fingerprint density at radius 3 is 2.78 bits per heavy atom. The predicted molar refractivity (Wildman–Crippen MR) is 74.2 cm³/mol. The van der Waals surface area contributed by atoms with Crippen molar-refractivity contribution in [2.75, 3.05) is 19.6 Å².